The van der Waals surface area contributed by atoms with E-state index in [9.17, 15) is 8.42 Å². The average molecular weight is 299 g/mol. The van der Waals surface area contributed by atoms with Gasteiger partial charge in [0.2, 0.25) is 5.95 Å². The fourth-order valence-corrected chi connectivity index (χ4v) is 2.16. The van der Waals surface area contributed by atoms with Gasteiger partial charge in [-0.1, -0.05) is 0 Å². The van der Waals surface area contributed by atoms with Crippen LogP contribution in [0.5, 0.6) is 5.75 Å². The van der Waals surface area contributed by atoms with Crippen LogP contribution in [-0.4, -0.2) is 37.4 Å². The second-order valence-corrected chi connectivity index (χ2v) is 6.05. The molecule has 8 heteroatoms. The molecule has 1 aromatic heterocycles. The van der Waals surface area contributed by atoms with E-state index in [2.05, 4.69) is 9.17 Å². The Labute approximate surface area is 117 Å². The van der Waals surface area contributed by atoms with Crippen LogP contribution in [-0.2, 0) is 21.3 Å². The molecule has 0 amide bonds. The minimum atomic E-state index is -3.38. The Hall–Kier alpha value is -1.80. The lowest BCUT2D eigenvalue weighted by atomic mass is 10.3. The van der Waals surface area contributed by atoms with Gasteiger partial charge in [0.05, 0.1) is 30.5 Å². The molecule has 2 aromatic rings. The number of ether oxygens (including phenoxy) is 1. The molecule has 0 spiro atoms. The highest BCUT2D eigenvalue weighted by atomic mass is 32.2. The lowest BCUT2D eigenvalue weighted by Gasteiger charge is -2.06. The van der Waals surface area contributed by atoms with Crippen LogP contribution in [0.1, 0.15) is 6.42 Å². The van der Waals surface area contributed by atoms with Gasteiger partial charge < -0.3 is 15.0 Å². The molecule has 0 atom stereocenters. The number of nitrogens with zero attached hydrogens (tertiary/aromatic N) is 2. The van der Waals surface area contributed by atoms with Gasteiger partial charge in [-0.05, 0) is 12.1 Å². The zero-order chi connectivity index (χ0) is 14.8. The topological polar surface area (TPSA) is 96.4 Å². The smallest absolute Gasteiger partial charge is 0.264 e. The molecule has 0 aliphatic rings. The Morgan fingerprint density at radius 3 is 2.80 bits per heavy atom. The summed E-state index contributed by atoms with van der Waals surface area (Å²) >= 11 is 0. The number of fused-ring (bicyclic) bond motifs is 1. The van der Waals surface area contributed by atoms with Gasteiger partial charge in [0, 0.05) is 19.5 Å². The highest BCUT2D eigenvalue weighted by Gasteiger charge is 2.06. The molecule has 0 radical (unpaired) electrons. The van der Waals surface area contributed by atoms with Crippen molar-refractivity contribution in [3.8, 4) is 5.75 Å². The van der Waals surface area contributed by atoms with Crippen LogP contribution in [0.25, 0.3) is 11.0 Å². The summed E-state index contributed by atoms with van der Waals surface area (Å²) in [4.78, 5) is 4.19. The molecule has 1 aromatic carbocycles. The van der Waals surface area contributed by atoms with Crippen LogP contribution in [0.2, 0.25) is 0 Å². The van der Waals surface area contributed by atoms with Gasteiger partial charge >= 0.3 is 0 Å². The summed E-state index contributed by atoms with van der Waals surface area (Å²) in [7, 11) is -1.55. The zero-order valence-electron chi connectivity index (χ0n) is 11.4. The van der Waals surface area contributed by atoms with Crippen molar-refractivity contribution in [3.63, 3.8) is 0 Å². The SMILES string of the molecule is Cn1c(N)nc2ccc(OCCCOS(C)(=O)=O)cc21. The molecule has 110 valence electrons. The fraction of sp³-hybridized carbons (Fsp3) is 0.417. The lowest BCUT2D eigenvalue weighted by molar-refractivity contribution is 0.252. The fourth-order valence-electron chi connectivity index (χ4n) is 1.74. The number of hydrogen-bond acceptors (Lipinski definition) is 6. The molecule has 0 unspecified atom stereocenters. The number of nitrogen functional groups attached to an aromatic ring is 1. The molecule has 0 saturated carbocycles. The number of benzene rings is 1. The van der Waals surface area contributed by atoms with Crippen molar-refractivity contribution in [2.24, 2.45) is 7.05 Å². The Kier molecular flexibility index (Phi) is 4.15. The average Bonchev–Trinajstić information content (AvgIpc) is 2.64. The monoisotopic (exact) mass is 299 g/mol. The number of imidazole rings is 1. The van der Waals surface area contributed by atoms with E-state index in [1.54, 1.807) is 10.6 Å². The van der Waals surface area contributed by atoms with E-state index in [1.807, 2.05) is 19.2 Å². The minimum Gasteiger partial charge on any atom is -0.493 e. The summed E-state index contributed by atoms with van der Waals surface area (Å²) in [5.41, 5.74) is 7.41. The minimum absolute atomic E-state index is 0.111. The predicted octanol–water partition coefficient (Wildman–Crippen LogP) is 0.901. The first kappa shape index (κ1) is 14.6. The first-order chi connectivity index (χ1) is 9.37. The van der Waals surface area contributed by atoms with Crippen LogP contribution in [0, 0.1) is 0 Å². The molecular weight excluding hydrogens is 282 g/mol. The molecule has 20 heavy (non-hydrogen) atoms. The second kappa shape index (κ2) is 5.68. The molecule has 0 aliphatic heterocycles. The Morgan fingerprint density at radius 1 is 1.35 bits per heavy atom. The molecule has 2 N–H and O–H groups in total. The van der Waals surface area contributed by atoms with Crippen LogP contribution in [0.3, 0.4) is 0 Å². The van der Waals surface area contributed by atoms with E-state index >= 15 is 0 Å². The number of nitrogens with two attached hydrogens (primary N) is 1. The van der Waals surface area contributed by atoms with Gasteiger partial charge in [-0.3, -0.25) is 4.18 Å². The quantitative estimate of drug-likeness (QED) is 0.629. The molecule has 2 rings (SSSR count). The first-order valence-electron chi connectivity index (χ1n) is 6.06. The predicted molar refractivity (Wildman–Crippen MR) is 76.0 cm³/mol. The van der Waals surface area contributed by atoms with Crippen LogP contribution in [0.15, 0.2) is 18.2 Å². The van der Waals surface area contributed by atoms with E-state index in [4.69, 9.17) is 10.5 Å². The Morgan fingerprint density at radius 2 is 2.10 bits per heavy atom. The highest BCUT2D eigenvalue weighted by Crippen LogP contribution is 2.22. The summed E-state index contributed by atoms with van der Waals surface area (Å²) in [5, 5.41) is 0. The molecular formula is C12H17N3O4S. The molecule has 1 heterocycles. The number of aromatic nitrogens is 2. The highest BCUT2D eigenvalue weighted by molar-refractivity contribution is 7.85. The van der Waals surface area contributed by atoms with Gasteiger partial charge in [-0.15, -0.1) is 0 Å². The van der Waals surface area contributed by atoms with Crippen molar-refractivity contribution >= 4 is 27.1 Å². The third kappa shape index (κ3) is 3.61. The molecule has 0 saturated heterocycles. The van der Waals surface area contributed by atoms with Crippen molar-refractivity contribution in [3.05, 3.63) is 18.2 Å². The van der Waals surface area contributed by atoms with Gasteiger partial charge in [0.1, 0.15) is 5.75 Å². The molecule has 0 fully saturated rings. The summed E-state index contributed by atoms with van der Waals surface area (Å²) in [6, 6.07) is 5.47. The third-order valence-corrected chi connectivity index (χ3v) is 3.34. The largest absolute Gasteiger partial charge is 0.493 e. The lowest BCUT2D eigenvalue weighted by Crippen LogP contribution is -2.07. The molecule has 7 nitrogen and oxygen atoms in total. The number of aryl methyl sites for hydroxylation is 1. The number of hydrogen-bond donors (Lipinski definition) is 1. The van der Waals surface area contributed by atoms with Crippen molar-refractivity contribution in [2.75, 3.05) is 25.2 Å². The van der Waals surface area contributed by atoms with Crippen LogP contribution < -0.4 is 10.5 Å². The van der Waals surface area contributed by atoms with Crippen LogP contribution >= 0.6 is 0 Å². The van der Waals surface area contributed by atoms with Gasteiger partial charge in [-0.25, -0.2) is 4.98 Å². The van der Waals surface area contributed by atoms with Crippen molar-refractivity contribution in [1.29, 1.82) is 0 Å². The maximum atomic E-state index is 10.8. The second-order valence-electron chi connectivity index (χ2n) is 4.41. The van der Waals surface area contributed by atoms with Crippen molar-refractivity contribution in [2.45, 2.75) is 6.42 Å². The van der Waals surface area contributed by atoms with E-state index in [-0.39, 0.29) is 6.61 Å². The van der Waals surface area contributed by atoms with Gasteiger partial charge in [0.25, 0.3) is 10.1 Å². The maximum absolute atomic E-state index is 10.8. The summed E-state index contributed by atoms with van der Waals surface area (Å²) in [6.07, 6.45) is 1.51. The van der Waals surface area contributed by atoms with Gasteiger partial charge in [0.15, 0.2) is 0 Å². The van der Waals surface area contributed by atoms with Gasteiger partial charge in [-0.2, -0.15) is 8.42 Å². The van der Waals surface area contributed by atoms with Crippen LogP contribution in [0.4, 0.5) is 5.95 Å². The summed E-state index contributed by atoms with van der Waals surface area (Å²) in [5.74, 6) is 1.12. The van der Waals surface area contributed by atoms with Crippen molar-refractivity contribution in [1.82, 2.24) is 9.55 Å². The zero-order valence-corrected chi connectivity index (χ0v) is 12.2. The maximum Gasteiger partial charge on any atom is 0.264 e. The number of anilines is 1. The normalized spacial score (nSPS) is 11.9. The molecule has 0 aliphatic carbocycles. The summed E-state index contributed by atoms with van der Waals surface area (Å²) < 4.78 is 33.5. The van der Waals surface area contributed by atoms with E-state index in [1.165, 1.54) is 0 Å². The Bertz CT molecular complexity index is 709. The molecule has 0 bridgehead atoms. The third-order valence-electron chi connectivity index (χ3n) is 2.74. The number of rotatable bonds is 6. The standard InChI is InChI=1S/C12H17N3O4S/c1-15-11-8-9(4-5-10(11)14-12(15)13)18-6-3-7-19-20(2,16)17/h4-5,8H,3,6-7H2,1-2H3,(H2,13,14). The first-order valence-corrected chi connectivity index (χ1v) is 7.87. The Balaban J connectivity index is 1.92. The summed E-state index contributed by atoms with van der Waals surface area (Å²) in [6.45, 7) is 0.480. The van der Waals surface area contributed by atoms with Crippen molar-refractivity contribution < 1.29 is 17.3 Å². The van der Waals surface area contributed by atoms with E-state index < -0.39 is 10.1 Å². The van der Waals surface area contributed by atoms with E-state index in [0.717, 1.165) is 17.3 Å². The van der Waals surface area contributed by atoms with E-state index in [0.29, 0.717) is 24.7 Å².